The lowest BCUT2D eigenvalue weighted by molar-refractivity contribution is -0.123. The van der Waals surface area contributed by atoms with Crippen molar-refractivity contribution in [1.82, 2.24) is 10.6 Å². The number of aryl methyl sites for hydroxylation is 1. The molecule has 2 amide bonds. The van der Waals surface area contributed by atoms with Gasteiger partial charge in [0.15, 0.2) is 0 Å². The van der Waals surface area contributed by atoms with Crippen LogP contribution in [0.4, 0.5) is 0 Å². The number of benzene rings is 2. The summed E-state index contributed by atoms with van der Waals surface area (Å²) in [6, 6.07) is 14.4. The first-order chi connectivity index (χ1) is 15.3. The van der Waals surface area contributed by atoms with Gasteiger partial charge in [0.1, 0.15) is 6.04 Å². The molecule has 3 rings (SSSR count). The van der Waals surface area contributed by atoms with Crippen molar-refractivity contribution in [2.75, 3.05) is 0 Å². The first kappa shape index (κ1) is 24.0. The molecule has 6 nitrogen and oxygen atoms in total. The Balaban J connectivity index is 1.81. The maximum absolute atomic E-state index is 13.2. The van der Waals surface area contributed by atoms with Gasteiger partial charge in [-0.25, -0.2) is 0 Å². The van der Waals surface area contributed by atoms with E-state index >= 15 is 0 Å². The second kappa shape index (κ2) is 11.3. The van der Waals surface area contributed by atoms with E-state index in [0.717, 1.165) is 36.8 Å². The number of hydrogen-bond donors (Lipinski definition) is 4. The Labute approximate surface area is 190 Å². The molecule has 170 valence electrons. The highest BCUT2D eigenvalue weighted by atomic mass is 16.4. The molecule has 7 heteroatoms. The zero-order chi connectivity index (χ0) is 23.1. The third-order valence-corrected chi connectivity index (χ3v) is 5.96. The average molecular weight is 436 g/mol. The van der Waals surface area contributed by atoms with Gasteiger partial charge in [-0.05, 0) is 60.8 Å². The Hall–Kier alpha value is -2.64. The number of rotatable bonds is 9. The van der Waals surface area contributed by atoms with E-state index in [9.17, 15) is 19.6 Å². The molecular formula is C25H33BN2O4. The van der Waals surface area contributed by atoms with Gasteiger partial charge in [0.2, 0.25) is 5.91 Å². The fraction of sp³-hybridized carbons (Fsp3) is 0.440. The van der Waals surface area contributed by atoms with Crippen molar-refractivity contribution in [1.29, 1.82) is 0 Å². The molecule has 0 aromatic heterocycles. The van der Waals surface area contributed by atoms with Gasteiger partial charge in [0.05, 0.1) is 5.94 Å². The van der Waals surface area contributed by atoms with Crippen LogP contribution in [0.3, 0.4) is 0 Å². The Morgan fingerprint density at radius 3 is 2.38 bits per heavy atom. The van der Waals surface area contributed by atoms with Crippen molar-refractivity contribution in [3.63, 3.8) is 0 Å². The van der Waals surface area contributed by atoms with Crippen molar-refractivity contribution in [3.8, 4) is 0 Å². The first-order valence-corrected chi connectivity index (χ1v) is 11.5. The van der Waals surface area contributed by atoms with Gasteiger partial charge in [-0.3, -0.25) is 9.59 Å². The molecule has 0 bridgehead atoms. The average Bonchev–Trinajstić information content (AvgIpc) is 2.78. The summed E-state index contributed by atoms with van der Waals surface area (Å²) in [5.74, 6) is -1.34. The number of hydrogen-bond acceptors (Lipinski definition) is 4. The van der Waals surface area contributed by atoms with E-state index in [0.29, 0.717) is 18.4 Å². The van der Waals surface area contributed by atoms with E-state index in [2.05, 4.69) is 16.7 Å². The molecule has 2 aromatic carbocycles. The largest absolute Gasteiger partial charge is 0.475 e. The number of carbonyl (C=O) groups is 2. The van der Waals surface area contributed by atoms with Crippen LogP contribution in [0.25, 0.3) is 0 Å². The smallest absolute Gasteiger partial charge is 0.426 e. The van der Waals surface area contributed by atoms with Gasteiger partial charge in [0, 0.05) is 12.0 Å². The van der Waals surface area contributed by atoms with Crippen LogP contribution in [0, 0.1) is 5.92 Å². The normalized spacial score (nSPS) is 14.9. The summed E-state index contributed by atoms with van der Waals surface area (Å²) in [7, 11) is -1.67. The van der Waals surface area contributed by atoms with Gasteiger partial charge in [-0.2, -0.15) is 0 Å². The lowest BCUT2D eigenvalue weighted by atomic mass is 9.75. The summed E-state index contributed by atoms with van der Waals surface area (Å²) in [6.45, 7) is 3.90. The topological polar surface area (TPSA) is 98.7 Å². The third-order valence-electron chi connectivity index (χ3n) is 5.96. The van der Waals surface area contributed by atoms with Crippen LogP contribution in [0.2, 0.25) is 0 Å². The molecule has 1 aliphatic carbocycles. The third kappa shape index (κ3) is 6.44. The lowest BCUT2D eigenvalue weighted by Gasteiger charge is -2.25. The Kier molecular flexibility index (Phi) is 8.48. The Morgan fingerprint density at radius 1 is 0.969 bits per heavy atom. The van der Waals surface area contributed by atoms with E-state index in [-0.39, 0.29) is 11.8 Å². The molecule has 0 fully saturated rings. The van der Waals surface area contributed by atoms with Crippen LogP contribution in [-0.2, 0) is 24.1 Å². The molecule has 0 heterocycles. The highest BCUT2D eigenvalue weighted by molar-refractivity contribution is 6.43. The molecule has 0 spiro atoms. The van der Waals surface area contributed by atoms with Crippen molar-refractivity contribution in [2.45, 2.75) is 64.4 Å². The molecule has 4 N–H and O–H groups in total. The van der Waals surface area contributed by atoms with Gasteiger partial charge in [-0.1, -0.05) is 56.3 Å². The second-order valence-corrected chi connectivity index (χ2v) is 9.02. The van der Waals surface area contributed by atoms with E-state index in [1.807, 2.05) is 56.3 Å². The zero-order valence-electron chi connectivity index (χ0n) is 18.9. The van der Waals surface area contributed by atoms with Gasteiger partial charge in [0.25, 0.3) is 5.91 Å². The van der Waals surface area contributed by atoms with Crippen LogP contribution in [0.15, 0.2) is 48.5 Å². The minimum atomic E-state index is -1.67. The van der Waals surface area contributed by atoms with Crippen molar-refractivity contribution in [3.05, 3.63) is 70.8 Å². The SMILES string of the molecule is CC(C)CC(NC(=O)C(Cc1ccccc1)NC(=O)c1cccc2c1CCCC2)B(O)O. The summed E-state index contributed by atoms with van der Waals surface area (Å²) in [5.41, 5.74) is 3.80. The number of amides is 2. The van der Waals surface area contributed by atoms with E-state index in [1.165, 1.54) is 5.56 Å². The number of carbonyl (C=O) groups excluding carboxylic acids is 2. The van der Waals surface area contributed by atoms with Gasteiger partial charge < -0.3 is 20.7 Å². The maximum Gasteiger partial charge on any atom is 0.475 e. The molecule has 2 unspecified atom stereocenters. The zero-order valence-corrected chi connectivity index (χ0v) is 18.9. The molecular weight excluding hydrogens is 403 g/mol. The Bertz CT molecular complexity index is 917. The highest BCUT2D eigenvalue weighted by Gasteiger charge is 2.30. The van der Waals surface area contributed by atoms with E-state index in [1.54, 1.807) is 0 Å². The Morgan fingerprint density at radius 2 is 1.69 bits per heavy atom. The summed E-state index contributed by atoms with van der Waals surface area (Å²) in [6.07, 6.45) is 4.73. The molecule has 0 saturated heterocycles. The lowest BCUT2D eigenvalue weighted by Crippen LogP contribution is -2.55. The van der Waals surface area contributed by atoms with Crippen molar-refractivity contribution >= 4 is 18.9 Å². The van der Waals surface area contributed by atoms with Crippen molar-refractivity contribution in [2.24, 2.45) is 5.92 Å². The predicted octanol–water partition coefficient (Wildman–Crippen LogP) is 2.45. The van der Waals surface area contributed by atoms with Crippen LogP contribution >= 0.6 is 0 Å². The first-order valence-electron chi connectivity index (χ1n) is 11.5. The van der Waals surface area contributed by atoms with Crippen LogP contribution < -0.4 is 10.6 Å². The van der Waals surface area contributed by atoms with Crippen molar-refractivity contribution < 1.29 is 19.6 Å². The highest BCUT2D eigenvalue weighted by Crippen LogP contribution is 2.24. The molecule has 0 aliphatic heterocycles. The molecule has 1 aliphatic rings. The standard InChI is InChI=1S/C25H33BN2O4/c1-17(2)15-23(26(31)32)28-25(30)22(16-18-9-4-3-5-10-18)27-24(29)21-14-8-12-19-11-6-7-13-20(19)21/h3-5,8-10,12,14,17,22-23,31-32H,6-7,11,13,15-16H2,1-2H3,(H,27,29)(H,28,30). The summed E-state index contributed by atoms with van der Waals surface area (Å²) >= 11 is 0. The van der Waals surface area contributed by atoms with Gasteiger partial charge >= 0.3 is 7.12 Å². The van der Waals surface area contributed by atoms with Gasteiger partial charge in [-0.15, -0.1) is 0 Å². The molecule has 0 radical (unpaired) electrons. The minimum absolute atomic E-state index is 0.167. The molecule has 0 saturated carbocycles. The number of nitrogens with one attached hydrogen (secondary N) is 2. The van der Waals surface area contributed by atoms with E-state index in [4.69, 9.17) is 0 Å². The predicted molar refractivity (Wildman–Crippen MR) is 126 cm³/mol. The van der Waals surface area contributed by atoms with Crippen LogP contribution in [0.5, 0.6) is 0 Å². The minimum Gasteiger partial charge on any atom is -0.426 e. The second-order valence-electron chi connectivity index (χ2n) is 9.02. The fourth-order valence-electron chi connectivity index (χ4n) is 4.34. The summed E-state index contributed by atoms with van der Waals surface area (Å²) in [5, 5.41) is 25.1. The maximum atomic E-state index is 13.2. The van der Waals surface area contributed by atoms with E-state index < -0.39 is 25.0 Å². The molecule has 32 heavy (non-hydrogen) atoms. The molecule has 2 atom stereocenters. The summed E-state index contributed by atoms with van der Waals surface area (Å²) < 4.78 is 0. The monoisotopic (exact) mass is 436 g/mol. The molecule has 2 aromatic rings. The summed E-state index contributed by atoms with van der Waals surface area (Å²) in [4.78, 5) is 26.4. The number of fused-ring (bicyclic) bond motifs is 1. The quantitative estimate of drug-likeness (QED) is 0.454. The van der Waals surface area contributed by atoms with Crippen LogP contribution in [0.1, 0.15) is 60.2 Å². The van der Waals surface area contributed by atoms with Crippen LogP contribution in [-0.4, -0.2) is 41.0 Å². The fourth-order valence-corrected chi connectivity index (χ4v) is 4.34.